The number of hydrogen-bond acceptors (Lipinski definition) is 3. The summed E-state index contributed by atoms with van der Waals surface area (Å²) in [6.07, 6.45) is -0.218. The lowest BCUT2D eigenvalue weighted by Crippen LogP contribution is -2.55. The van der Waals surface area contributed by atoms with Gasteiger partial charge in [0.1, 0.15) is 12.1 Å². The van der Waals surface area contributed by atoms with E-state index in [0.29, 0.717) is 13.1 Å². The zero-order valence-corrected chi connectivity index (χ0v) is 10.3. The highest BCUT2D eigenvalue weighted by atomic mass is 16.2. The molecule has 1 aromatic carbocycles. The van der Waals surface area contributed by atoms with Gasteiger partial charge in [-0.2, -0.15) is 0 Å². The van der Waals surface area contributed by atoms with Gasteiger partial charge in [-0.15, -0.1) is 0 Å². The zero-order chi connectivity index (χ0) is 13.0. The molecule has 0 aliphatic carbocycles. The average molecular weight is 247 g/mol. The Kier molecular flexibility index (Phi) is 3.94. The number of nitrogens with one attached hydrogen (secondary N) is 3. The van der Waals surface area contributed by atoms with Crippen LogP contribution in [0.3, 0.4) is 0 Å². The minimum absolute atomic E-state index is 0.218. The predicted octanol–water partition coefficient (Wildman–Crippen LogP) is 0.157. The Labute approximate surface area is 106 Å². The summed E-state index contributed by atoms with van der Waals surface area (Å²) >= 11 is 0. The van der Waals surface area contributed by atoms with Crippen LogP contribution in [0.4, 0.5) is 0 Å². The van der Waals surface area contributed by atoms with Gasteiger partial charge in [0.15, 0.2) is 0 Å². The van der Waals surface area contributed by atoms with Crippen LogP contribution in [0.2, 0.25) is 0 Å². The summed E-state index contributed by atoms with van der Waals surface area (Å²) in [5.41, 5.74) is 0.986. The fourth-order valence-corrected chi connectivity index (χ4v) is 1.98. The molecule has 1 aromatic rings. The van der Waals surface area contributed by atoms with Gasteiger partial charge in [0.25, 0.3) is 0 Å². The molecule has 1 aliphatic rings. The molecule has 5 heteroatoms. The maximum atomic E-state index is 11.9. The second-order valence-electron chi connectivity index (χ2n) is 4.21. The minimum atomic E-state index is -0.648. The number of carbonyl (C=O) groups excluding carboxylic acids is 2. The molecule has 1 heterocycles. The fraction of sp³-hybridized carbons (Fsp3) is 0.385. The third-order valence-electron chi connectivity index (χ3n) is 2.93. The molecular formula is C13H17N3O2. The van der Waals surface area contributed by atoms with Crippen molar-refractivity contribution in [1.82, 2.24) is 16.0 Å². The van der Waals surface area contributed by atoms with Gasteiger partial charge in [-0.05, 0) is 12.5 Å². The van der Waals surface area contributed by atoms with E-state index in [9.17, 15) is 9.59 Å². The summed E-state index contributed by atoms with van der Waals surface area (Å²) in [5, 5.41) is 8.63. The van der Waals surface area contributed by atoms with E-state index >= 15 is 0 Å². The van der Waals surface area contributed by atoms with Crippen molar-refractivity contribution in [3.63, 3.8) is 0 Å². The van der Waals surface area contributed by atoms with E-state index in [1.807, 2.05) is 37.3 Å². The molecule has 1 aliphatic heterocycles. The summed E-state index contributed by atoms with van der Waals surface area (Å²) in [4.78, 5) is 23.5. The first-order valence-electron chi connectivity index (χ1n) is 6.08. The van der Waals surface area contributed by atoms with Gasteiger partial charge >= 0.3 is 0 Å². The summed E-state index contributed by atoms with van der Waals surface area (Å²) in [7, 11) is 0. The van der Waals surface area contributed by atoms with Gasteiger partial charge in [0.2, 0.25) is 11.8 Å². The van der Waals surface area contributed by atoms with E-state index < -0.39 is 5.92 Å². The van der Waals surface area contributed by atoms with Crippen LogP contribution in [-0.4, -0.2) is 24.9 Å². The lowest BCUT2D eigenvalue weighted by atomic mass is 10.0. The molecule has 18 heavy (non-hydrogen) atoms. The van der Waals surface area contributed by atoms with Crippen LogP contribution in [0, 0.1) is 5.92 Å². The number of carbonyl (C=O) groups is 2. The first kappa shape index (κ1) is 12.6. The van der Waals surface area contributed by atoms with Gasteiger partial charge in [-0.1, -0.05) is 30.3 Å². The summed E-state index contributed by atoms with van der Waals surface area (Å²) < 4.78 is 0. The van der Waals surface area contributed by atoms with E-state index in [1.165, 1.54) is 0 Å². The maximum Gasteiger partial charge on any atom is 0.235 e. The third-order valence-corrected chi connectivity index (χ3v) is 2.93. The standard InChI is InChI=1S/C13H17N3O2/c1-2-14-12(17)10-8-15-11(16-13(10)18)9-6-4-3-5-7-9/h3-7,10-11,15H,2,8H2,1H3,(H,14,17)(H,16,18). The molecule has 1 saturated heterocycles. The van der Waals surface area contributed by atoms with E-state index in [4.69, 9.17) is 0 Å². The maximum absolute atomic E-state index is 11.9. The topological polar surface area (TPSA) is 70.2 Å². The normalized spacial score (nSPS) is 23.3. The highest BCUT2D eigenvalue weighted by Gasteiger charge is 2.32. The van der Waals surface area contributed by atoms with E-state index in [-0.39, 0.29) is 18.0 Å². The first-order chi connectivity index (χ1) is 8.72. The molecule has 0 radical (unpaired) electrons. The Bertz CT molecular complexity index is 433. The molecule has 96 valence electrons. The molecule has 5 nitrogen and oxygen atoms in total. The molecule has 1 fully saturated rings. The van der Waals surface area contributed by atoms with Crippen molar-refractivity contribution in [2.24, 2.45) is 5.92 Å². The van der Waals surface area contributed by atoms with E-state index in [0.717, 1.165) is 5.56 Å². The minimum Gasteiger partial charge on any atom is -0.356 e. The first-order valence-corrected chi connectivity index (χ1v) is 6.08. The molecule has 2 rings (SSSR count). The SMILES string of the molecule is CCNC(=O)C1CNC(c2ccccc2)NC1=O. The lowest BCUT2D eigenvalue weighted by molar-refractivity contribution is -0.137. The Balaban J connectivity index is 2.00. The Morgan fingerprint density at radius 1 is 1.39 bits per heavy atom. The number of benzene rings is 1. The van der Waals surface area contributed by atoms with Crippen molar-refractivity contribution in [1.29, 1.82) is 0 Å². The van der Waals surface area contributed by atoms with Gasteiger partial charge in [-0.25, -0.2) is 0 Å². The van der Waals surface area contributed by atoms with Crippen molar-refractivity contribution in [2.45, 2.75) is 13.1 Å². The highest BCUT2D eigenvalue weighted by Crippen LogP contribution is 2.14. The average Bonchev–Trinajstić information content (AvgIpc) is 2.40. The largest absolute Gasteiger partial charge is 0.356 e. The summed E-state index contributed by atoms with van der Waals surface area (Å²) in [6, 6.07) is 9.62. The van der Waals surface area contributed by atoms with E-state index in [2.05, 4.69) is 16.0 Å². The van der Waals surface area contributed by atoms with Crippen LogP contribution in [0.25, 0.3) is 0 Å². The third kappa shape index (κ3) is 2.68. The monoisotopic (exact) mass is 247 g/mol. The highest BCUT2D eigenvalue weighted by molar-refractivity contribution is 6.01. The predicted molar refractivity (Wildman–Crippen MR) is 67.5 cm³/mol. The second kappa shape index (κ2) is 5.64. The van der Waals surface area contributed by atoms with Crippen LogP contribution in [0.5, 0.6) is 0 Å². The number of amides is 2. The Morgan fingerprint density at radius 2 is 2.11 bits per heavy atom. The fourth-order valence-electron chi connectivity index (χ4n) is 1.98. The van der Waals surface area contributed by atoms with Gasteiger partial charge in [0, 0.05) is 13.1 Å². The van der Waals surface area contributed by atoms with Crippen LogP contribution < -0.4 is 16.0 Å². The molecule has 0 aromatic heterocycles. The molecule has 0 bridgehead atoms. The molecule has 2 unspecified atom stereocenters. The van der Waals surface area contributed by atoms with Crippen molar-refractivity contribution < 1.29 is 9.59 Å². The molecular weight excluding hydrogens is 230 g/mol. The number of rotatable bonds is 3. The Hall–Kier alpha value is -1.88. The van der Waals surface area contributed by atoms with Crippen molar-refractivity contribution in [2.75, 3.05) is 13.1 Å². The smallest absolute Gasteiger partial charge is 0.235 e. The second-order valence-corrected chi connectivity index (χ2v) is 4.21. The molecule has 0 saturated carbocycles. The molecule has 3 N–H and O–H groups in total. The van der Waals surface area contributed by atoms with Gasteiger partial charge < -0.3 is 10.6 Å². The summed E-state index contributed by atoms with van der Waals surface area (Å²) in [6.45, 7) is 2.72. The van der Waals surface area contributed by atoms with Crippen molar-refractivity contribution in [3.8, 4) is 0 Å². The van der Waals surface area contributed by atoms with Gasteiger partial charge in [-0.3, -0.25) is 14.9 Å². The number of hydrogen-bond donors (Lipinski definition) is 3. The molecule has 0 spiro atoms. The van der Waals surface area contributed by atoms with Crippen LogP contribution >= 0.6 is 0 Å². The van der Waals surface area contributed by atoms with Crippen LogP contribution in [0.1, 0.15) is 18.7 Å². The molecule has 2 amide bonds. The van der Waals surface area contributed by atoms with Gasteiger partial charge in [0.05, 0.1) is 0 Å². The van der Waals surface area contributed by atoms with Crippen molar-refractivity contribution in [3.05, 3.63) is 35.9 Å². The molecule has 2 atom stereocenters. The van der Waals surface area contributed by atoms with Crippen LogP contribution in [0.15, 0.2) is 30.3 Å². The van der Waals surface area contributed by atoms with E-state index in [1.54, 1.807) is 0 Å². The zero-order valence-electron chi connectivity index (χ0n) is 10.3. The van der Waals surface area contributed by atoms with Crippen molar-refractivity contribution >= 4 is 11.8 Å². The lowest BCUT2D eigenvalue weighted by Gasteiger charge is -2.30. The quantitative estimate of drug-likeness (QED) is 0.666. The Morgan fingerprint density at radius 3 is 2.72 bits per heavy atom. The van der Waals surface area contributed by atoms with Crippen LogP contribution in [-0.2, 0) is 9.59 Å². The summed E-state index contributed by atoms with van der Waals surface area (Å²) in [5.74, 6) is -1.10.